The summed E-state index contributed by atoms with van der Waals surface area (Å²) in [5.41, 5.74) is 2.40. The standard InChI is InChI=1S/C18H30O3/c1-17(2,3)14-9-13(12(11-20)7-8-19)10-15(16(14)21)18(4,5)6/h9-10,12,19-21H,7-8,11H2,1-6H3/t12-/m0/s1. The van der Waals surface area contributed by atoms with Crippen LogP contribution in [0, 0.1) is 0 Å². The number of phenolic OH excluding ortho intramolecular Hbond substituents is 1. The Kier molecular flexibility index (Phi) is 5.46. The monoisotopic (exact) mass is 294 g/mol. The van der Waals surface area contributed by atoms with Gasteiger partial charge in [-0.05, 0) is 33.9 Å². The molecule has 0 aromatic heterocycles. The number of benzene rings is 1. The van der Waals surface area contributed by atoms with Crippen molar-refractivity contribution in [3.8, 4) is 5.75 Å². The molecule has 120 valence electrons. The average Bonchev–Trinajstić information content (AvgIpc) is 2.33. The van der Waals surface area contributed by atoms with Crippen molar-refractivity contribution < 1.29 is 15.3 Å². The fraction of sp³-hybridized carbons (Fsp3) is 0.667. The van der Waals surface area contributed by atoms with E-state index in [1.54, 1.807) is 0 Å². The van der Waals surface area contributed by atoms with Gasteiger partial charge in [-0.25, -0.2) is 0 Å². The van der Waals surface area contributed by atoms with Gasteiger partial charge in [0.2, 0.25) is 0 Å². The number of rotatable bonds is 4. The zero-order chi connectivity index (χ0) is 16.4. The van der Waals surface area contributed by atoms with E-state index in [-0.39, 0.29) is 30.0 Å². The highest BCUT2D eigenvalue weighted by atomic mass is 16.3. The summed E-state index contributed by atoms with van der Waals surface area (Å²) in [6.45, 7) is 12.4. The van der Waals surface area contributed by atoms with Gasteiger partial charge >= 0.3 is 0 Å². The van der Waals surface area contributed by atoms with Gasteiger partial charge in [0.1, 0.15) is 5.75 Å². The van der Waals surface area contributed by atoms with Crippen molar-refractivity contribution in [1.82, 2.24) is 0 Å². The highest BCUT2D eigenvalue weighted by molar-refractivity contribution is 5.50. The van der Waals surface area contributed by atoms with E-state index in [9.17, 15) is 15.3 Å². The first-order chi connectivity index (χ1) is 9.52. The van der Waals surface area contributed by atoms with Crippen molar-refractivity contribution in [2.24, 2.45) is 0 Å². The fourth-order valence-electron chi connectivity index (χ4n) is 2.56. The summed E-state index contributed by atoms with van der Waals surface area (Å²) < 4.78 is 0. The topological polar surface area (TPSA) is 60.7 Å². The quantitative estimate of drug-likeness (QED) is 0.797. The predicted octanol–water partition coefficient (Wildman–Crippen LogP) is 3.45. The van der Waals surface area contributed by atoms with Gasteiger partial charge in [0.15, 0.2) is 0 Å². The SMILES string of the molecule is CC(C)(C)c1cc([C@H](CO)CCO)cc(C(C)(C)C)c1O. The minimum absolute atomic E-state index is 0.00149. The molecule has 3 N–H and O–H groups in total. The number of hydrogen-bond donors (Lipinski definition) is 3. The number of aliphatic hydroxyl groups is 2. The van der Waals surface area contributed by atoms with Crippen LogP contribution in [0.2, 0.25) is 0 Å². The van der Waals surface area contributed by atoms with E-state index < -0.39 is 0 Å². The zero-order valence-corrected chi connectivity index (χ0v) is 14.2. The van der Waals surface area contributed by atoms with Crippen molar-refractivity contribution >= 4 is 0 Å². The Bertz CT molecular complexity index is 443. The molecule has 21 heavy (non-hydrogen) atoms. The lowest BCUT2D eigenvalue weighted by molar-refractivity contribution is 0.219. The normalized spacial score (nSPS) is 14.3. The molecule has 0 aliphatic carbocycles. The first kappa shape index (κ1) is 18.0. The molecule has 1 aromatic rings. The lowest BCUT2D eigenvalue weighted by atomic mass is 9.77. The van der Waals surface area contributed by atoms with Crippen molar-refractivity contribution in [3.63, 3.8) is 0 Å². The summed E-state index contributed by atoms with van der Waals surface area (Å²) in [6, 6.07) is 3.95. The van der Waals surface area contributed by atoms with Crippen molar-refractivity contribution in [3.05, 3.63) is 28.8 Å². The third-order valence-corrected chi connectivity index (χ3v) is 3.92. The lowest BCUT2D eigenvalue weighted by Gasteiger charge is -2.29. The van der Waals surface area contributed by atoms with Gasteiger partial charge in [-0.15, -0.1) is 0 Å². The van der Waals surface area contributed by atoms with Gasteiger partial charge < -0.3 is 15.3 Å². The van der Waals surface area contributed by atoms with E-state index in [1.807, 2.05) is 12.1 Å². The number of phenols is 1. The van der Waals surface area contributed by atoms with Crippen LogP contribution in [0.5, 0.6) is 5.75 Å². The molecule has 0 heterocycles. The first-order valence-corrected chi connectivity index (χ1v) is 7.62. The number of hydrogen-bond acceptors (Lipinski definition) is 3. The van der Waals surface area contributed by atoms with Crippen LogP contribution in [0.25, 0.3) is 0 Å². The van der Waals surface area contributed by atoms with Crippen molar-refractivity contribution in [2.45, 2.75) is 64.7 Å². The Hall–Kier alpha value is -1.06. The molecule has 1 aromatic carbocycles. The van der Waals surface area contributed by atoms with Crippen LogP contribution in [-0.2, 0) is 10.8 Å². The summed E-state index contributed by atoms with van der Waals surface area (Å²) in [7, 11) is 0. The van der Waals surface area contributed by atoms with Gasteiger partial charge in [0.25, 0.3) is 0 Å². The Morgan fingerprint density at radius 3 is 1.62 bits per heavy atom. The first-order valence-electron chi connectivity index (χ1n) is 7.62. The minimum Gasteiger partial charge on any atom is -0.507 e. The third kappa shape index (κ3) is 4.21. The largest absolute Gasteiger partial charge is 0.507 e. The molecule has 0 radical (unpaired) electrons. The van der Waals surface area contributed by atoms with Crippen molar-refractivity contribution in [1.29, 1.82) is 0 Å². The Morgan fingerprint density at radius 1 is 0.905 bits per heavy atom. The second kappa shape index (κ2) is 6.37. The molecular weight excluding hydrogens is 264 g/mol. The Morgan fingerprint density at radius 2 is 1.33 bits per heavy atom. The van der Waals surface area contributed by atoms with Gasteiger partial charge in [0, 0.05) is 12.5 Å². The van der Waals surface area contributed by atoms with Crippen LogP contribution in [0.3, 0.4) is 0 Å². The summed E-state index contributed by atoms with van der Waals surface area (Å²) in [4.78, 5) is 0. The Balaban J connectivity index is 3.54. The van der Waals surface area contributed by atoms with E-state index in [4.69, 9.17) is 0 Å². The Labute approximate surface area is 128 Å². The fourth-order valence-corrected chi connectivity index (χ4v) is 2.56. The molecule has 0 amide bonds. The molecular formula is C18H30O3. The molecule has 3 heteroatoms. The van der Waals surface area contributed by atoms with Gasteiger partial charge in [-0.1, -0.05) is 53.7 Å². The molecule has 0 spiro atoms. The molecule has 3 nitrogen and oxygen atoms in total. The molecule has 0 aliphatic heterocycles. The molecule has 0 aliphatic rings. The maximum absolute atomic E-state index is 10.7. The molecule has 0 bridgehead atoms. The summed E-state index contributed by atoms with van der Waals surface area (Å²) >= 11 is 0. The smallest absolute Gasteiger partial charge is 0.123 e. The summed E-state index contributed by atoms with van der Waals surface area (Å²) in [5, 5.41) is 29.4. The highest BCUT2D eigenvalue weighted by Crippen LogP contribution is 2.41. The van der Waals surface area contributed by atoms with Crippen LogP contribution in [0.15, 0.2) is 12.1 Å². The zero-order valence-electron chi connectivity index (χ0n) is 14.2. The highest BCUT2D eigenvalue weighted by Gasteiger charge is 2.27. The molecule has 1 atom stereocenters. The van der Waals surface area contributed by atoms with E-state index in [0.29, 0.717) is 12.2 Å². The molecule has 0 unspecified atom stereocenters. The molecule has 0 saturated carbocycles. The van der Waals surface area contributed by atoms with Crippen LogP contribution < -0.4 is 0 Å². The lowest BCUT2D eigenvalue weighted by Crippen LogP contribution is -2.19. The summed E-state index contributed by atoms with van der Waals surface area (Å²) in [5.74, 6) is 0.247. The second-order valence-electron chi connectivity index (χ2n) is 7.86. The van der Waals surface area contributed by atoms with E-state index in [1.165, 1.54) is 0 Å². The van der Waals surface area contributed by atoms with Gasteiger partial charge in [-0.2, -0.15) is 0 Å². The van der Waals surface area contributed by atoms with Crippen LogP contribution in [0.4, 0.5) is 0 Å². The predicted molar refractivity (Wildman–Crippen MR) is 87.0 cm³/mol. The van der Waals surface area contributed by atoms with Crippen molar-refractivity contribution in [2.75, 3.05) is 13.2 Å². The molecule has 1 rings (SSSR count). The van der Waals surface area contributed by atoms with E-state index >= 15 is 0 Å². The van der Waals surface area contributed by atoms with Crippen LogP contribution >= 0.6 is 0 Å². The minimum atomic E-state index is -0.181. The summed E-state index contributed by atoms with van der Waals surface area (Å²) in [6.07, 6.45) is 0.522. The van der Waals surface area contributed by atoms with Gasteiger partial charge in [0.05, 0.1) is 6.61 Å². The maximum atomic E-state index is 10.7. The third-order valence-electron chi connectivity index (χ3n) is 3.92. The second-order valence-corrected chi connectivity index (χ2v) is 7.86. The number of aromatic hydroxyl groups is 1. The average molecular weight is 294 g/mol. The van der Waals surface area contributed by atoms with Crippen LogP contribution in [-0.4, -0.2) is 28.5 Å². The number of aliphatic hydroxyl groups excluding tert-OH is 2. The molecule has 0 fully saturated rings. The van der Waals surface area contributed by atoms with Gasteiger partial charge in [-0.3, -0.25) is 0 Å². The van der Waals surface area contributed by atoms with Crippen LogP contribution in [0.1, 0.15) is 70.6 Å². The maximum Gasteiger partial charge on any atom is 0.123 e. The van der Waals surface area contributed by atoms with E-state index in [0.717, 1.165) is 16.7 Å². The van der Waals surface area contributed by atoms with E-state index in [2.05, 4.69) is 41.5 Å². The molecule has 0 saturated heterocycles.